The van der Waals surface area contributed by atoms with Crippen LogP contribution in [0.3, 0.4) is 0 Å². The van der Waals surface area contributed by atoms with Crippen LogP contribution in [0, 0.1) is 11.8 Å². The zero-order valence-electron chi connectivity index (χ0n) is 16.1. The Morgan fingerprint density at radius 1 is 1.12 bits per heavy atom. The summed E-state index contributed by atoms with van der Waals surface area (Å²) in [6.07, 6.45) is 6.43. The van der Waals surface area contributed by atoms with Crippen LogP contribution in [0.1, 0.15) is 57.6 Å². The summed E-state index contributed by atoms with van der Waals surface area (Å²) in [6, 6.07) is 11.1. The highest BCUT2D eigenvalue weighted by molar-refractivity contribution is 14.0. The molecule has 0 bridgehead atoms. The summed E-state index contributed by atoms with van der Waals surface area (Å²) in [7, 11) is 0. The molecule has 2 aliphatic rings. The molecule has 2 atom stereocenters. The van der Waals surface area contributed by atoms with Crippen LogP contribution in [-0.2, 0) is 4.74 Å². The molecule has 0 radical (unpaired) electrons. The highest BCUT2D eigenvalue weighted by atomic mass is 127. The SMILES string of the molecule is CCNC(=NCC1CCOC1c1ccccc1)NC1CCC(C)CC1.I. The molecule has 146 valence electrons. The van der Waals surface area contributed by atoms with Crippen LogP contribution >= 0.6 is 24.0 Å². The summed E-state index contributed by atoms with van der Waals surface area (Å²) >= 11 is 0. The predicted octanol–water partition coefficient (Wildman–Crippen LogP) is 4.52. The first-order chi connectivity index (χ1) is 12.3. The van der Waals surface area contributed by atoms with Crippen molar-refractivity contribution in [3.8, 4) is 0 Å². The molecule has 0 aromatic heterocycles. The molecule has 4 nitrogen and oxygen atoms in total. The maximum absolute atomic E-state index is 6.00. The van der Waals surface area contributed by atoms with Gasteiger partial charge in [-0.25, -0.2) is 0 Å². The van der Waals surface area contributed by atoms with Crippen LogP contribution in [0.2, 0.25) is 0 Å². The van der Waals surface area contributed by atoms with Crippen molar-refractivity contribution in [2.45, 2.75) is 58.1 Å². The van der Waals surface area contributed by atoms with Crippen molar-refractivity contribution in [2.24, 2.45) is 16.8 Å². The van der Waals surface area contributed by atoms with Gasteiger partial charge in [0.2, 0.25) is 0 Å². The van der Waals surface area contributed by atoms with Gasteiger partial charge in [-0.15, -0.1) is 24.0 Å². The fourth-order valence-corrected chi connectivity index (χ4v) is 3.96. The van der Waals surface area contributed by atoms with Crippen LogP contribution in [0.4, 0.5) is 0 Å². The molecule has 26 heavy (non-hydrogen) atoms. The third-order valence-electron chi connectivity index (χ3n) is 5.53. The number of halogens is 1. The Morgan fingerprint density at radius 3 is 2.54 bits per heavy atom. The van der Waals surface area contributed by atoms with E-state index in [0.29, 0.717) is 12.0 Å². The van der Waals surface area contributed by atoms with Gasteiger partial charge in [0.05, 0.1) is 6.10 Å². The lowest BCUT2D eigenvalue weighted by Crippen LogP contribution is -2.45. The van der Waals surface area contributed by atoms with E-state index in [1.54, 1.807) is 0 Å². The molecular weight excluding hydrogens is 437 g/mol. The van der Waals surface area contributed by atoms with E-state index < -0.39 is 0 Å². The maximum atomic E-state index is 6.00. The molecule has 1 aliphatic carbocycles. The molecule has 1 saturated carbocycles. The third-order valence-corrected chi connectivity index (χ3v) is 5.53. The zero-order valence-corrected chi connectivity index (χ0v) is 18.4. The molecule has 1 saturated heterocycles. The van der Waals surface area contributed by atoms with Crippen LogP contribution < -0.4 is 10.6 Å². The van der Waals surface area contributed by atoms with Crippen molar-refractivity contribution in [3.63, 3.8) is 0 Å². The van der Waals surface area contributed by atoms with Crippen LogP contribution in [0.5, 0.6) is 0 Å². The standard InChI is InChI=1S/C21H33N3O.HI/c1-3-22-21(24-19-11-9-16(2)10-12-19)23-15-18-13-14-25-20(18)17-7-5-4-6-8-17;/h4-8,16,18-20H,3,9-15H2,1-2H3,(H2,22,23,24);1H. The van der Waals surface area contributed by atoms with Crippen LogP contribution in [0.25, 0.3) is 0 Å². The van der Waals surface area contributed by atoms with Crippen LogP contribution in [0.15, 0.2) is 35.3 Å². The summed E-state index contributed by atoms with van der Waals surface area (Å²) < 4.78 is 6.00. The minimum atomic E-state index is 0. The summed E-state index contributed by atoms with van der Waals surface area (Å²) in [6.45, 7) is 7.05. The smallest absolute Gasteiger partial charge is 0.191 e. The first-order valence-electron chi connectivity index (χ1n) is 9.97. The van der Waals surface area contributed by atoms with E-state index in [2.05, 4.69) is 54.8 Å². The van der Waals surface area contributed by atoms with Gasteiger partial charge in [-0.3, -0.25) is 4.99 Å². The van der Waals surface area contributed by atoms with Gasteiger partial charge in [0, 0.05) is 31.7 Å². The lowest BCUT2D eigenvalue weighted by Gasteiger charge is -2.28. The molecule has 0 amide bonds. The number of aliphatic imine (C=N–C) groups is 1. The Hall–Kier alpha value is -0.820. The molecule has 1 aliphatic heterocycles. The van der Waals surface area contributed by atoms with Crippen LogP contribution in [-0.4, -0.2) is 31.7 Å². The maximum Gasteiger partial charge on any atom is 0.191 e. The van der Waals surface area contributed by atoms with Gasteiger partial charge < -0.3 is 15.4 Å². The van der Waals surface area contributed by atoms with Gasteiger partial charge in [0.15, 0.2) is 5.96 Å². The van der Waals surface area contributed by atoms with Gasteiger partial charge >= 0.3 is 0 Å². The Balaban J connectivity index is 0.00000243. The number of hydrogen-bond donors (Lipinski definition) is 2. The molecule has 2 N–H and O–H groups in total. The van der Waals surface area contributed by atoms with Gasteiger partial charge in [-0.1, -0.05) is 37.3 Å². The largest absolute Gasteiger partial charge is 0.373 e. The normalized spacial score (nSPS) is 29.1. The second-order valence-electron chi connectivity index (χ2n) is 7.57. The summed E-state index contributed by atoms with van der Waals surface area (Å²) in [5.41, 5.74) is 1.28. The highest BCUT2D eigenvalue weighted by Crippen LogP contribution is 2.34. The molecule has 2 fully saturated rings. The molecule has 2 unspecified atom stereocenters. The minimum absolute atomic E-state index is 0. The van der Waals surface area contributed by atoms with Crippen molar-refractivity contribution >= 4 is 29.9 Å². The third kappa shape index (κ3) is 6.12. The quantitative estimate of drug-likeness (QED) is 0.377. The Labute approximate surface area is 175 Å². The molecule has 0 spiro atoms. The van der Waals surface area contributed by atoms with E-state index in [1.807, 2.05) is 0 Å². The second kappa shape index (κ2) is 11.1. The average molecular weight is 471 g/mol. The molecular formula is C21H34IN3O. The molecule has 5 heteroatoms. The number of nitrogens with zero attached hydrogens (tertiary/aromatic N) is 1. The fourth-order valence-electron chi connectivity index (χ4n) is 3.96. The van der Waals surface area contributed by atoms with Crippen molar-refractivity contribution in [1.29, 1.82) is 0 Å². The van der Waals surface area contributed by atoms with E-state index in [4.69, 9.17) is 9.73 Å². The lowest BCUT2D eigenvalue weighted by atomic mass is 9.87. The lowest BCUT2D eigenvalue weighted by molar-refractivity contribution is 0.0925. The topological polar surface area (TPSA) is 45.7 Å². The Morgan fingerprint density at radius 2 is 1.85 bits per heavy atom. The van der Waals surface area contributed by atoms with Crippen molar-refractivity contribution in [2.75, 3.05) is 19.7 Å². The molecule has 3 rings (SSSR count). The predicted molar refractivity (Wildman–Crippen MR) is 119 cm³/mol. The Bertz CT molecular complexity index is 543. The van der Waals surface area contributed by atoms with Gasteiger partial charge in [0.25, 0.3) is 0 Å². The van der Waals surface area contributed by atoms with E-state index in [0.717, 1.165) is 38.0 Å². The second-order valence-corrected chi connectivity index (χ2v) is 7.57. The first kappa shape index (κ1) is 21.5. The first-order valence-corrected chi connectivity index (χ1v) is 9.97. The van der Waals surface area contributed by atoms with Gasteiger partial charge in [-0.05, 0) is 50.5 Å². The monoisotopic (exact) mass is 471 g/mol. The number of nitrogens with one attached hydrogen (secondary N) is 2. The molecule has 1 heterocycles. The number of ether oxygens (including phenoxy) is 1. The van der Waals surface area contributed by atoms with Crippen molar-refractivity contribution in [1.82, 2.24) is 10.6 Å². The number of hydrogen-bond acceptors (Lipinski definition) is 2. The molecule has 1 aromatic carbocycles. The molecule has 1 aromatic rings. The van der Waals surface area contributed by atoms with E-state index in [9.17, 15) is 0 Å². The fraction of sp³-hybridized carbons (Fsp3) is 0.667. The summed E-state index contributed by atoms with van der Waals surface area (Å²) in [5.74, 6) is 2.31. The highest BCUT2D eigenvalue weighted by Gasteiger charge is 2.29. The van der Waals surface area contributed by atoms with Gasteiger partial charge in [-0.2, -0.15) is 0 Å². The van der Waals surface area contributed by atoms with E-state index >= 15 is 0 Å². The minimum Gasteiger partial charge on any atom is -0.373 e. The van der Waals surface area contributed by atoms with Crippen molar-refractivity contribution in [3.05, 3.63) is 35.9 Å². The van der Waals surface area contributed by atoms with Gasteiger partial charge in [0.1, 0.15) is 0 Å². The summed E-state index contributed by atoms with van der Waals surface area (Å²) in [5, 5.41) is 7.07. The summed E-state index contributed by atoms with van der Waals surface area (Å²) in [4.78, 5) is 4.90. The van der Waals surface area contributed by atoms with E-state index in [-0.39, 0.29) is 30.1 Å². The number of rotatable bonds is 5. The van der Waals surface area contributed by atoms with Crippen molar-refractivity contribution < 1.29 is 4.74 Å². The zero-order chi connectivity index (χ0) is 17.5. The number of benzene rings is 1. The van der Waals surface area contributed by atoms with E-state index in [1.165, 1.54) is 31.2 Å². The Kier molecular flexibility index (Phi) is 9.19. The average Bonchev–Trinajstić information content (AvgIpc) is 3.11. The number of guanidine groups is 1.